The number of anilines is 1. The van der Waals surface area contributed by atoms with E-state index >= 15 is 0 Å². The van der Waals surface area contributed by atoms with E-state index in [9.17, 15) is 9.59 Å². The number of hydrogen-bond donors (Lipinski definition) is 1. The number of carbonyl (C=O) groups excluding carboxylic acids is 2. The van der Waals surface area contributed by atoms with Crippen molar-refractivity contribution < 1.29 is 19.1 Å². The van der Waals surface area contributed by atoms with Gasteiger partial charge < -0.3 is 14.8 Å². The number of carbonyl (C=O) groups is 2. The molecule has 1 aromatic heterocycles. The maximum absolute atomic E-state index is 12.1. The SMILES string of the molecule is COc1ccc2nc(NC(=O)CCCOc3ccc(C(C)=O)cc3)sc2c1. The van der Waals surface area contributed by atoms with E-state index in [1.807, 2.05) is 18.2 Å². The van der Waals surface area contributed by atoms with Crippen LogP contribution in [0.1, 0.15) is 30.1 Å². The fourth-order valence-electron chi connectivity index (χ4n) is 2.48. The van der Waals surface area contributed by atoms with Gasteiger partial charge in [0.2, 0.25) is 5.91 Å². The van der Waals surface area contributed by atoms with Crippen LogP contribution in [-0.4, -0.2) is 30.4 Å². The molecule has 3 aromatic rings. The Labute approximate surface area is 161 Å². The summed E-state index contributed by atoms with van der Waals surface area (Å²) >= 11 is 1.41. The number of ketones is 1. The van der Waals surface area contributed by atoms with Gasteiger partial charge in [0.1, 0.15) is 11.5 Å². The summed E-state index contributed by atoms with van der Waals surface area (Å²) in [4.78, 5) is 27.7. The molecule has 1 heterocycles. The van der Waals surface area contributed by atoms with Crippen molar-refractivity contribution in [3.8, 4) is 11.5 Å². The molecule has 0 radical (unpaired) electrons. The first-order chi connectivity index (χ1) is 13.0. The molecular formula is C20H20N2O4S. The lowest BCUT2D eigenvalue weighted by Crippen LogP contribution is -2.12. The largest absolute Gasteiger partial charge is 0.497 e. The molecule has 27 heavy (non-hydrogen) atoms. The summed E-state index contributed by atoms with van der Waals surface area (Å²) in [6.45, 7) is 1.94. The molecule has 2 aromatic carbocycles. The number of ether oxygens (including phenoxy) is 2. The number of benzene rings is 2. The quantitative estimate of drug-likeness (QED) is 0.463. The second kappa shape index (κ2) is 8.64. The average molecular weight is 384 g/mol. The van der Waals surface area contributed by atoms with Gasteiger partial charge in [0.15, 0.2) is 10.9 Å². The van der Waals surface area contributed by atoms with Gasteiger partial charge in [0.05, 0.1) is 23.9 Å². The molecule has 0 aliphatic rings. The summed E-state index contributed by atoms with van der Waals surface area (Å²) in [5, 5.41) is 3.40. The van der Waals surface area contributed by atoms with Crippen LogP contribution in [-0.2, 0) is 4.79 Å². The van der Waals surface area contributed by atoms with Gasteiger partial charge in [0.25, 0.3) is 0 Å². The molecule has 1 N–H and O–H groups in total. The number of rotatable bonds is 8. The highest BCUT2D eigenvalue weighted by molar-refractivity contribution is 7.22. The van der Waals surface area contributed by atoms with Gasteiger partial charge in [-0.2, -0.15) is 0 Å². The van der Waals surface area contributed by atoms with Crippen LogP contribution in [0, 0.1) is 0 Å². The second-order valence-electron chi connectivity index (χ2n) is 5.93. The molecule has 6 nitrogen and oxygen atoms in total. The number of Topliss-reactive ketones (excluding diaryl/α,β-unsaturated/α-hetero) is 1. The number of amides is 1. The third kappa shape index (κ3) is 5.04. The van der Waals surface area contributed by atoms with Crippen molar-refractivity contribution in [2.24, 2.45) is 0 Å². The zero-order valence-corrected chi connectivity index (χ0v) is 16.0. The molecule has 1 amide bonds. The normalized spacial score (nSPS) is 10.6. The van der Waals surface area contributed by atoms with Crippen LogP contribution >= 0.6 is 11.3 Å². The minimum Gasteiger partial charge on any atom is -0.497 e. The molecule has 140 valence electrons. The van der Waals surface area contributed by atoms with Gasteiger partial charge in [-0.05, 0) is 55.8 Å². The third-order valence-electron chi connectivity index (χ3n) is 3.92. The Kier molecular flexibility index (Phi) is 6.03. The van der Waals surface area contributed by atoms with Crippen molar-refractivity contribution >= 4 is 38.4 Å². The van der Waals surface area contributed by atoms with Crippen LogP contribution in [0.25, 0.3) is 10.2 Å². The van der Waals surface area contributed by atoms with E-state index in [4.69, 9.17) is 9.47 Å². The van der Waals surface area contributed by atoms with E-state index < -0.39 is 0 Å². The van der Waals surface area contributed by atoms with Crippen molar-refractivity contribution in [1.29, 1.82) is 0 Å². The molecule has 7 heteroatoms. The summed E-state index contributed by atoms with van der Waals surface area (Å²) in [5.41, 5.74) is 1.48. The lowest BCUT2D eigenvalue weighted by Gasteiger charge is -2.06. The van der Waals surface area contributed by atoms with Gasteiger partial charge in [0, 0.05) is 12.0 Å². The van der Waals surface area contributed by atoms with Gasteiger partial charge in [-0.25, -0.2) is 4.98 Å². The highest BCUT2D eigenvalue weighted by Crippen LogP contribution is 2.29. The van der Waals surface area contributed by atoms with Gasteiger partial charge >= 0.3 is 0 Å². The maximum Gasteiger partial charge on any atom is 0.226 e. The molecule has 0 bridgehead atoms. The molecular weight excluding hydrogens is 364 g/mol. The van der Waals surface area contributed by atoms with E-state index in [2.05, 4.69) is 10.3 Å². The summed E-state index contributed by atoms with van der Waals surface area (Å²) in [7, 11) is 1.62. The zero-order chi connectivity index (χ0) is 19.2. The van der Waals surface area contributed by atoms with E-state index in [1.54, 1.807) is 31.4 Å². The van der Waals surface area contributed by atoms with Crippen molar-refractivity contribution in [2.75, 3.05) is 19.0 Å². The fraction of sp³-hybridized carbons (Fsp3) is 0.250. The molecule has 0 fully saturated rings. The highest BCUT2D eigenvalue weighted by atomic mass is 32.1. The van der Waals surface area contributed by atoms with Crippen LogP contribution in [0.5, 0.6) is 11.5 Å². The monoisotopic (exact) mass is 384 g/mol. The van der Waals surface area contributed by atoms with E-state index in [1.165, 1.54) is 18.3 Å². The molecule has 0 atom stereocenters. The number of nitrogens with one attached hydrogen (secondary N) is 1. The Morgan fingerprint density at radius 3 is 2.56 bits per heavy atom. The summed E-state index contributed by atoms with van der Waals surface area (Å²) in [6, 6.07) is 12.6. The summed E-state index contributed by atoms with van der Waals surface area (Å²) in [5.74, 6) is 1.36. The minimum absolute atomic E-state index is 0.0199. The Morgan fingerprint density at radius 2 is 1.85 bits per heavy atom. The lowest BCUT2D eigenvalue weighted by atomic mass is 10.1. The van der Waals surface area contributed by atoms with Gasteiger partial charge in [-0.15, -0.1) is 0 Å². The van der Waals surface area contributed by atoms with Crippen molar-refractivity contribution in [3.63, 3.8) is 0 Å². The van der Waals surface area contributed by atoms with Crippen molar-refractivity contribution in [3.05, 3.63) is 48.0 Å². The topological polar surface area (TPSA) is 77.5 Å². The molecule has 0 saturated carbocycles. The Bertz CT molecular complexity index is 950. The molecule has 0 saturated heterocycles. The lowest BCUT2D eigenvalue weighted by molar-refractivity contribution is -0.116. The standard InChI is InChI=1S/C20H20N2O4S/c1-13(23)14-5-7-15(8-6-14)26-11-3-4-19(24)22-20-21-17-10-9-16(25-2)12-18(17)27-20/h5-10,12H,3-4,11H2,1-2H3,(H,21,22,24). The Morgan fingerprint density at radius 1 is 1.11 bits per heavy atom. The smallest absolute Gasteiger partial charge is 0.226 e. The molecule has 3 rings (SSSR count). The van der Waals surface area contributed by atoms with Crippen LogP contribution in [0.2, 0.25) is 0 Å². The van der Waals surface area contributed by atoms with Crippen LogP contribution in [0.4, 0.5) is 5.13 Å². The Hall–Kier alpha value is -2.93. The van der Waals surface area contributed by atoms with Crippen LogP contribution in [0.15, 0.2) is 42.5 Å². The molecule has 0 spiro atoms. The second-order valence-corrected chi connectivity index (χ2v) is 6.96. The van der Waals surface area contributed by atoms with Gasteiger partial charge in [-0.1, -0.05) is 11.3 Å². The number of methoxy groups -OCH3 is 1. The zero-order valence-electron chi connectivity index (χ0n) is 15.2. The fourth-order valence-corrected chi connectivity index (χ4v) is 3.39. The van der Waals surface area contributed by atoms with E-state index in [-0.39, 0.29) is 11.7 Å². The van der Waals surface area contributed by atoms with Crippen LogP contribution < -0.4 is 14.8 Å². The van der Waals surface area contributed by atoms with Gasteiger partial charge in [-0.3, -0.25) is 9.59 Å². The summed E-state index contributed by atoms with van der Waals surface area (Å²) < 4.78 is 11.8. The molecule has 0 aliphatic carbocycles. The number of fused-ring (bicyclic) bond motifs is 1. The highest BCUT2D eigenvalue weighted by Gasteiger charge is 2.09. The minimum atomic E-state index is -0.100. The molecule has 0 aliphatic heterocycles. The first-order valence-corrected chi connectivity index (χ1v) is 9.35. The third-order valence-corrected chi connectivity index (χ3v) is 4.85. The van der Waals surface area contributed by atoms with Crippen molar-refractivity contribution in [2.45, 2.75) is 19.8 Å². The predicted octanol–water partition coefficient (Wildman–Crippen LogP) is 4.31. The van der Waals surface area contributed by atoms with Crippen LogP contribution in [0.3, 0.4) is 0 Å². The predicted molar refractivity (Wildman–Crippen MR) is 106 cm³/mol. The first kappa shape index (κ1) is 18.8. The van der Waals surface area contributed by atoms with E-state index in [0.717, 1.165) is 16.0 Å². The van der Waals surface area contributed by atoms with E-state index in [0.29, 0.717) is 35.9 Å². The number of hydrogen-bond acceptors (Lipinski definition) is 6. The maximum atomic E-state index is 12.1. The molecule has 0 unspecified atom stereocenters. The number of nitrogens with zero attached hydrogens (tertiary/aromatic N) is 1. The van der Waals surface area contributed by atoms with Crippen molar-refractivity contribution in [1.82, 2.24) is 4.98 Å². The number of aromatic nitrogens is 1. The Balaban J connectivity index is 1.45. The first-order valence-electron chi connectivity index (χ1n) is 8.53. The summed E-state index contributed by atoms with van der Waals surface area (Å²) in [6.07, 6.45) is 0.920. The number of thiazole rings is 1. The average Bonchev–Trinajstić information content (AvgIpc) is 3.06.